The first-order valence-electron chi connectivity index (χ1n) is 7.72. The zero-order valence-corrected chi connectivity index (χ0v) is 14.4. The Labute approximate surface area is 148 Å². The van der Waals surface area contributed by atoms with E-state index in [1.807, 2.05) is 0 Å². The number of nitrogens with one attached hydrogen (secondary N) is 2. The number of nitrogens with zero attached hydrogens (tertiary/aromatic N) is 1. The Kier molecular flexibility index (Phi) is 5.54. The van der Waals surface area contributed by atoms with Gasteiger partial charge in [-0.15, -0.1) is 0 Å². The highest BCUT2D eigenvalue weighted by atomic mass is 19.2. The van der Waals surface area contributed by atoms with Gasteiger partial charge in [0.15, 0.2) is 17.5 Å². The minimum atomic E-state index is -1.70. The number of hydrogen-bond donors (Lipinski definition) is 2. The van der Waals surface area contributed by atoms with Gasteiger partial charge in [0.1, 0.15) is 0 Å². The third kappa shape index (κ3) is 4.33. The van der Waals surface area contributed by atoms with Crippen LogP contribution in [0.1, 0.15) is 31.1 Å². The van der Waals surface area contributed by atoms with Gasteiger partial charge in [-0.1, -0.05) is 18.2 Å². The predicted octanol–water partition coefficient (Wildman–Crippen LogP) is 4.08. The molecule has 26 heavy (non-hydrogen) atoms. The van der Waals surface area contributed by atoms with E-state index in [0.717, 1.165) is 11.1 Å². The van der Waals surface area contributed by atoms with Gasteiger partial charge in [-0.25, -0.2) is 28.4 Å². The fraction of sp³-hybridized carbons (Fsp3) is 0.222. The maximum absolute atomic E-state index is 13.7. The van der Waals surface area contributed by atoms with E-state index >= 15 is 0 Å². The monoisotopic (exact) mass is 365 g/mol. The molecule has 0 radical (unpaired) electrons. The number of halogens is 3. The average Bonchev–Trinajstić information content (AvgIpc) is 2.59. The largest absolute Gasteiger partial charge is 0.338 e. The second-order valence-corrected chi connectivity index (χ2v) is 6.47. The first kappa shape index (κ1) is 19.3. The lowest BCUT2D eigenvalue weighted by molar-refractivity contribution is 0.0460. The summed E-state index contributed by atoms with van der Waals surface area (Å²) < 4.78 is 39.9. The summed E-state index contributed by atoms with van der Waals surface area (Å²) in [6, 6.07) is 8.83. The first-order chi connectivity index (χ1) is 12.1. The Morgan fingerprint density at radius 1 is 0.923 bits per heavy atom. The minimum Gasteiger partial charge on any atom is -0.304 e. The second kappa shape index (κ2) is 7.47. The van der Waals surface area contributed by atoms with E-state index in [9.17, 15) is 22.8 Å². The third-order valence-electron chi connectivity index (χ3n) is 3.39. The van der Waals surface area contributed by atoms with E-state index < -0.39 is 40.6 Å². The van der Waals surface area contributed by atoms with Gasteiger partial charge >= 0.3 is 6.03 Å². The lowest BCUT2D eigenvalue weighted by Gasteiger charge is -2.35. The summed E-state index contributed by atoms with van der Waals surface area (Å²) in [7, 11) is 0. The quantitative estimate of drug-likeness (QED) is 0.622. The minimum absolute atomic E-state index is 0.335. The van der Waals surface area contributed by atoms with Gasteiger partial charge in [0.2, 0.25) is 0 Å². The number of hydrazine groups is 1. The highest BCUT2D eigenvalue weighted by Gasteiger charge is 2.29. The highest BCUT2D eigenvalue weighted by molar-refractivity contribution is 5.97. The smallest absolute Gasteiger partial charge is 0.304 e. The van der Waals surface area contributed by atoms with Crippen molar-refractivity contribution in [1.82, 2.24) is 10.4 Å². The molecule has 8 heteroatoms. The number of rotatable bonds is 2. The van der Waals surface area contributed by atoms with Gasteiger partial charge in [0, 0.05) is 5.56 Å². The topological polar surface area (TPSA) is 61.4 Å². The van der Waals surface area contributed by atoms with Crippen molar-refractivity contribution in [2.75, 3.05) is 5.32 Å². The van der Waals surface area contributed by atoms with Crippen LogP contribution in [-0.4, -0.2) is 22.5 Å². The van der Waals surface area contributed by atoms with Gasteiger partial charge in [-0.2, -0.15) is 0 Å². The molecule has 2 aromatic rings. The van der Waals surface area contributed by atoms with E-state index in [2.05, 4.69) is 10.7 Å². The Morgan fingerprint density at radius 3 is 2.12 bits per heavy atom. The van der Waals surface area contributed by atoms with Crippen LogP contribution in [0.2, 0.25) is 0 Å². The van der Waals surface area contributed by atoms with Crippen LogP contribution in [0.5, 0.6) is 0 Å². The van der Waals surface area contributed by atoms with Crippen molar-refractivity contribution < 1.29 is 22.8 Å². The molecule has 0 unspecified atom stereocenters. The Morgan fingerprint density at radius 2 is 1.54 bits per heavy atom. The third-order valence-corrected chi connectivity index (χ3v) is 3.39. The Balaban J connectivity index is 2.20. The molecule has 2 N–H and O–H groups in total. The zero-order chi connectivity index (χ0) is 19.5. The van der Waals surface area contributed by atoms with Crippen molar-refractivity contribution in [1.29, 1.82) is 0 Å². The molecular weight excluding hydrogens is 347 g/mol. The van der Waals surface area contributed by atoms with E-state index in [1.165, 1.54) is 0 Å². The molecule has 0 bridgehead atoms. The summed E-state index contributed by atoms with van der Waals surface area (Å²) >= 11 is 0. The second-order valence-electron chi connectivity index (χ2n) is 6.47. The average molecular weight is 365 g/mol. The molecule has 138 valence electrons. The van der Waals surface area contributed by atoms with Gasteiger partial charge in [0.05, 0.1) is 11.2 Å². The number of urea groups is 1. The van der Waals surface area contributed by atoms with Crippen molar-refractivity contribution in [2.45, 2.75) is 26.3 Å². The molecule has 0 saturated heterocycles. The van der Waals surface area contributed by atoms with Crippen LogP contribution in [-0.2, 0) is 0 Å². The van der Waals surface area contributed by atoms with Gasteiger partial charge in [-0.05, 0) is 45.0 Å². The zero-order valence-electron chi connectivity index (χ0n) is 14.4. The van der Waals surface area contributed by atoms with Crippen LogP contribution in [0.25, 0.3) is 0 Å². The van der Waals surface area contributed by atoms with Crippen molar-refractivity contribution in [3.63, 3.8) is 0 Å². The normalized spacial score (nSPS) is 11.0. The van der Waals surface area contributed by atoms with Crippen LogP contribution in [0.3, 0.4) is 0 Å². The lowest BCUT2D eigenvalue weighted by Crippen LogP contribution is -2.56. The van der Waals surface area contributed by atoms with E-state index in [-0.39, 0.29) is 0 Å². The van der Waals surface area contributed by atoms with Crippen LogP contribution in [0.15, 0.2) is 42.5 Å². The molecular formula is C18H18F3N3O2. The molecule has 0 saturated carbocycles. The Hall–Kier alpha value is -3.03. The van der Waals surface area contributed by atoms with Crippen LogP contribution in [0, 0.1) is 17.5 Å². The first-order valence-corrected chi connectivity index (χ1v) is 7.72. The maximum Gasteiger partial charge on any atom is 0.338 e. The van der Waals surface area contributed by atoms with Gasteiger partial charge in [0.25, 0.3) is 5.91 Å². The molecule has 0 atom stereocenters. The highest BCUT2D eigenvalue weighted by Crippen LogP contribution is 2.20. The lowest BCUT2D eigenvalue weighted by atomic mass is 10.1. The molecule has 0 aliphatic carbocycles. The van der Waals surface area contributed by atoms with Gasteiger partial charge in [-0.3, -0.25) is 4.79 Å². The SMILES string of the molecule is CC(C)(C)N(NC(=O)Nc1ccc(F)c(F)c1F)C(=O)c1ccccc1. The van der Waals surface area contributed by atoms with Crippen molar-refractivity contribution >= 4 is 17.6 Å². The Bertz CT molecular complexity index is 820. The number of carbonyl (C=O) groups excluding carboxylic acids is 2. The number of amides is 3. The number of hydrogen-bond acceptors (Lipinski definition) is 2. The summed E-state index contributed by atoms with van der Waals surface area (Å²) in [5.41, 5.74) is 1.29. The number of carbonyl (C=O) groups is 2. The summed E-state index contributed by atoms with van der Waals surface area (Å²) in [6.45, 7) is 5.06. The van der Waals surface area contributed by atoms with Crippen LogP contribution in [0.4, 0.5) is 23.7 Å². The molecule has 5 nitrogen and oxygen atoms in total. The number of anilines is 1. The standard InChI is InChI=1S/C18H18F3N3O2/c1-18(2,3)24(16(25)11-7-5-4-6-8-11)23-17(26)22-13-10-9-12(19)14(20)15(13)21/h4-10H,1-3H3,(H2,22,23,26). The van der Waals surface area contributed by atoms with Gasteiger partial charge < -0.3 is 5.32 Å². The molecule has 2 aromatic carbocycles. The molecule has 0 aliphatic heterocycles. The van der Waals surface area contributed by atoms with Crippen molar-refractivity contribution in [2.24, 2.45) is 0 Å². The molecule has 2 rings (SSSR count). The number of benzene rings is 2. The van der Waals surface area contributed by atoms with E-state index in [4.69, 9.17) is 0 Å². The molecule has 0 fully saturated rings. The summed E-state index contributed by atoms with van der Waals surface area (Å²) in [4.78, 5) is 24.8. The molecule has 0 aliphatic rings. The summed E-state index contributed by atoms with van der Waals surface area (Å²) in [5.74, 6) is -5.09. The maximum atomic E-state index is 13.7. The molecule has 3 amide bonds. The van der Waals surface area contributed by atoms with Crippen molar-refractivity contribution in [3.8, 4) is 0 Å². The molecule has 0 heterocycles. The fourth-order valence-corrected chi connectivity index (χ4v) is 2.11. The van der Waals surface area contributed by atoms with E-state index in [1.54, 1.807) is 51.1 Å². The summed E-state index contributed by atoms with van der Waals surface area (Å²) in [5, 5.41) is 3.13. The molecule has 0 aromatic heterocycles. The molecule has 0 spiro atoms. The fourth-order valence-electron chi connectivity index (χ4n) is 2.11. The predicted molar refractivity (Wildman–Crippen MR) is 90.8 cm³/mol. The summed E-state index contributed by atoms with van der Waals surface area (Å²) in [6.07, 6.45) is 0. The van der Waals surface area contributed by atoms with E-state index in [0.29, 0.717) is 11.6 Å². The van der Waals surface area contributed by atoms with Crippen LogP contribution >= 0.6 is 0 Å². The van der Waals surface area contributed by atoms with Crippen LogP contribution < -0.4 is 10.7 Å². The van der Waals surface area contributed by atoms with Crippen molar-refractivity contribution in [3.05, 3.63) is 65.5 Å².